The second-order valence-corrected chi connectivity index (χ2v) is 7.34. The SMILES string of the molecule is CCn1cc(C(=O)N2CC(C)C(N3CCOCC3)C2)c(C(C)C)n1. The first-order valence-electron chi connectivity index (χ1n) is 9.19. The zero-order valence-corrected chi connectivity index (χ0v) is 15.4. The van der Waals surface area contributed by atoms with Crippen LogP contribution in [0.3, 0.4) is 0 Å². The lowest BCUT2D eigenvalue weighted by atomic mass is 10.0. The Morgan fingerprint density at radius 2 is 2.04 bits per heavy atom. The molecule has 0 saturated carbocycles. The van der Waals surface area contributed by atoms with E-state index in [1.54, 1.807) is 0 Å². The van der Waals surface area contributed by atoms with Crippen LogP contribution in [0.1, 0.15) is 49.7 Å². The molecule has 0 aromatic carbocycles. The van der Waals surface area contributed by atoms with E-state index in [0.29, 0.717) is 12.0 Å². The third-order valence-corrected chi connectivity index (χ3v) is 5.27. The van der Waals surface area contributed by atoms with Gasteiger partial charge in [0.15, 0.2) is 0 Å². The molecule has 0 N–H and O–H groups in total. The summed E-state index contributed by atoms with van der Waals surface area (Å²) in [7, 11) is 0. The number of nitrogens with zero attached hydrogens (tertiary/aromatic N) is 4. The number of ether oxygens (including phenoxy) is 1. The van der Waals surface area contributed by atoms with Crippen molar-refractivity contribution < 1.29 is 9.53 Å². The molecule has 2 saturated heterocycles. The highest BCUT2D eigenvalue weighted by molar-refractivity contribution is 5.95. The highest BCUT2D eigenvalue weighted by Crippen LogP contribution is 2.26. The standard InChI is InChI=1S/C18H30N4O2/c1-5-22-11-15(17(19-22)13(2)3)18(23)21-10-14(4)16(12-21)20-6-8-24-9-7-20/h11,13-14,16H,5-10,12H2,1-4H3. The van der Waals surface area contributed by atoms with E-state index in [4.69, 9.17) is 4.74 Å². The molecule has 2 atom stereocenters. The van der Waals surface area contributed by atoms with Crippen LogP contribution in [0.2, 0.25) is 0 Å². The molecule has 2 aliphatic rings. The van der Waals surface area contributed by atoms with Crippen molar-refractivity contribution in [3.8, 4) is 0 Å². The summed E-state index contributed by atoms with van der Waals surface area (Å²) in [5.74, 6) is 0.892. The lowest BCUT2D eigenvalue weighted by Crippen LogP contribution is -2.47. The maximum Gasteiger partial charge on any atom is 0.257 e. The predicted molar refractivity (Wildman–Crippen MR) is 93.2 cm³/mol. The molecule has 1 amide bonds. The van der Waals surface area contributed by atoms with Gasteiger partial charge in [-0.25, -0.2) is 0 Å². The summed E-state index contributed by atoms with van der Waals surface area (Å²) in [6, 6.07) is 0.446. The van der Waals surface area contributed by atoms with Gasteiger partial charge in [-0.3, -0.25) is 14.4 Å². The minimum absolute atomic E-state index is 0.140. The molecule has 0 radical (unpaired) electrons. The molecule has 2 unspecified atom stereocenters. The lowest BCUT2D eigenvalue weighted by molar-refractivity contribution is 0.0119. The fraction of sp³-hybridized carbons (Fsp3) is 0.778. The first-order valence-corrected chi connectivity index (χ1v) is 9.19. The van der Waals surface area contributed by atoms with Crippen molar-refractivity contribution in [1.29, 1.82) is 0 Å². The summed E-state index contributed by atoms with van der Waals surface area (Å²) in [5, 5.41) is 4.59. The van der Waals surface area contributed by atoms with Crippen LogP contribution >= 0.6 is 0 Å². The van der Waals surface area contributed by atoms with Crippen LogP contribution in [-0.4, -0.2) is 70.9 Å². The van der Waals surface area contributed by atoms with E-state index in [9.17, 15) is 4.79 Å². The largest absolute Gasteiger partial charge is 0.379 e. The van der Waals surface area contributed by atoms with Gasteiger partial charge >= 0.3 is 0 Å². The number of carbonyl (C=O) groups is 1. The zero-order valence-electron chi connectivity index (χ0n) is 15.4. The lowest BCUT2D eigenvalue weighted by Gasteiger charge is -2.33. The number of aryl methyl sites for hydroxylation is 1. The van der Waals surface area contributed by atoms with Gasteiger partial charge in [0.1, 0.15) is 0 Å². The average molecular weight is 334 g/mol. The summed E-state index contributed by atoms with van der Waals surface area (Å²) in [4.78, 5) is 17.6. The molecule has 0 aliphatic carbocycles. The van der Waals surface area contributed by atoms with Gasteiger partial charge in [0, 0.05) is 45.0 Å². The summed E-state index contributed by atoms with van der Waals surface area (Å²) >= 11 is 0. The topological polar surface area (TPSA) is 50.6 Å². The molecule has 1 aromatic heterocycles. The highest BCUT2D eigenvalue weighted by atomic mass is 16.5. The van der Waals surface area contributed by atoms with Crippen molar-refractivity contribution in [2.24, 2.45) is 5.92 Å². The molecule has 6 heteroatoms. The Morgan fingerprint density at radius 1 is 1.33 bits per heavy atom. The van der Waals surface area contributed by atoms with Crippen LogP contribution < -0.4 is 0 Å². The molecule has 3 heterocycles. The first-order chi connectivity index (χ1) is 11.5. The molecule has 2 fully saturated rings. The number of amides is 1. The van der Waals surface area contributed by atoms with E-state index in [0.717, 1.165) is 57.2 Å². The van der Waals surface area contributed by atoms with Gasteiger partial charge in [0.25, 0.3) is 5.91 Å². The monoisotopic (exact) mass is 334 g/mol. The number of likely N-dealkylation sites (tertiary alicyclic amines) is 1. The second-order valence-electron chi connectivity index (χ2n) is 7.34. The summed E-state index contributed by atoms with van der Waals surface area (Å²) in [6.45, 7) is 14.5. The molecule has 24 heavy (non-hydrogen) atoms. The normalized spacial score (nSPS) is 25.6. The third-order valence-electron chi connectivity index (χ3n) is 5.27. The number of hydrogen-bond acceptors (Lipinski definition) is 4. The Balaban J connectivity index is 1.75. The van der Waals surface area contributed by atoms with Gasteiger partial charge < -0.3 is 9.64 Å². The van der Waals surface area contributed by atoms with Crippen LogP contribution in [0, 0.1) is 5.92 Å². The van der Waals surface area contributed by atoms with E-state index in [1.165, 1.54) is 0 Å². The predicted octanol–water partition coefficient (Wildman–Crippen LogP) is 1.82. The second kappa shape index (κ2) is 7.23. The van der Waals surface area contributed by atoms with Crippen molar-refractivity contribution in [2.45, 2.75) is 46.2 Å². The van der Waals surface area contributed by atoms with Gasteiger partial charge in [-0.1, -0.05) is 20.8 Å². The van der Waals surface area contributed by atoms with Crippen LogP contribution in [-0.2, 0) is 11.3 Å². The van der Waals surface area contributed by atoms with Crippen LogP contribution in [0.5, 0.6) is 0 Å². The molecule has 2 aliphatic heterocycles. The Hall–Kier alpha value is -1.40. The fourth-order valence-electron chi connectivity index (χ4n) is 3.86. The molecular weight excluding hydrogens is 304 g/mol. The average Bonchev–Trinajstić information content (AvgIpc) is 3.19. The van der Waals surface area contributed by atoms with Crippen molar-refractivity contribution in [3.63, 3.8) is 0 Å². The van der Waals surface area contributed by atoms with E-state index >= 15 is 0 Å². The minimum Gasteiger partial charge on any atom is -0.379 e. The van der Waals surface area contributed by atoms with Crippen molar-refractivity contribution in [3.05, 3.63) is 17.5 Å². The zero-order chi connectivity index (χ0) is 17.3. The Bertz CT molecular complexity index is 578. The minimum atomic E-state index is 0.140. The smallest absolute Gasteiger partial charge is 0.257 e. The van der Waals surface area contributed by atoms with Gasteiger partial charge in [-0.05, 0) is 18.8 Å². The fourth-order valence-corrected chi connectivity index (χ4v) is 3.86. The summed E-state index contributed by atoms with van der Waals surface area (Å²) in [6.07, 6.45) is 1.92. The molecule has 6 nitrogen and oxygen atoms in total. The van der Waals surface area contributed by atoms with Crippen molar-refractivity contribution in [1.82, 2.24) is 19.6 Å². The number of carbonyl (C=O) groups excluding carboxylic acids is 1. The summed E-state index contributed by atoms with van der Waals surface area (Å²) < 4.78 is 7.34. The number of aromatic nitrogens is 2. The molecule has 1 aromatic rings. The quantitative estimate of drug-likeness (QED) is 0.843. The van der Waals surface area contributed by atoms with Gasteiger partial charge in [0.2, 0.25) is 0 Å². The number of rotatable bonds is 4. The summed E-state index contributed by atoms with van der Waals surface area (Å²) in [5.41, 5.74) is 1.70. The molecule has 3 rings (SSSR count). The highest BCUT2D eigenvalue weighted by Gasteiger charge is 2.37. The Labute approximate surface area is 144 Å². The maximum atomic E-state index is 13.1. The van der Waals surface area contributed by atoms with Gasteiger partial charge in [0.05, 0.1) is 24.5 Å². The Morgan fingerprint density at radius 3 is 2.67 bits per heavy atom. The van der Waals surface area contributed by atoms with E-state index in [-0.39, 0.29) is 11.8 Å². The first kappa shape index (κ1) is 17.4. The number of morpholine rings is 1. The van der Waals surface area contributed by atoms with Crippen molar-refractivity contribution in [2.75, 3.05) is 39.4 Å². The van der Waals surface area contributed by atoms with E-state index in [1.807, 2.05) is 15.8 Å². The molecule has 0 bridgehead atoms. The van der Waals surface area contributed by atoms with Crippen LogP contribution in [0.15, 0.2) is 6.20 Å². The van der Waals surface area contributed by atoms with Crippen molar-refractivity contribution >= 4 is 5.91 Å². The van der Waals surface area contributed by atoms with Crippen LogP contribution in [0.4, 0.5) is 0 Å². The van der Waals surface area contributed by atoms with Gasteiger partial charge in [-0.15, -0.1) is 0 Å². The van der Waals surface area contributed by atoms with Gasteiger partial charge in [-0.2, -0.15) is 5.10 Å². The third kappa shape index (κ3) is 3.35. The Kier molecular flexibility index (Phi) is 5.25. The van der Waals surface area contributed by atoms with Crippen LogP contribution in [0.25, 0.3) is 0 Å². The van der Waals surface area contributed by atoms with E-state index in [2.05, 4.69) is 37.7 Å². The molecule has 0 spiro atoms. The maximum absolute atomic E-state index is 13.1. The van der Waals surface area contributed by atoms with E-state index < -0.39 is 0 Å². The number of hydrogen-bond donors (Lipinski definition) is 0. The molecular formula is C18H30N4O2. The molecule has 134 valence electrons.